The molecule has 1 aliphatic rings. The molecule has 1 saturated heterocycles. The number of rotatable bonds is 3. The Morgan fingerprint density at radius 2 is 2.11 bits per heavy atom. The second-order valence-corrected chi connectivity index (χ2v) is 5.39. The molecular formula is C14H17F2NO2. The molecule has 1 aliphatic heterocycles. The monoisotopic (exact) mass is 269 g/mol. The van der Waals surface area contributed by atoms with E-state index in [1.165, 1.54) is 6.07 Å². The molecule has 0 aromatic heterocycles. The molecule has 5 heteroatoms. The SMILES string of the molecule is CC(C(=O)c1ccc(F)c(F)c1)N1CCC(C)(O)C1. The first-order chi connectivity index (χ1) is 8.80. The van der Waals surface area contributed by atoms with Crippen LogP contribution < -0.4 is 0 Å². The number of carbonyl (C=O) groups is 1. The highest BCUT2D eigenvalue weighted by Gasteiger charge is 2.36. The van der Waals surface area contributed by atoms with Crippen LogP contribution >= 0.6 is 0 Å². The Balaban J connectivity index is 2.13. The summed E-state index contributed by atoms with van der Waals surface area (Å²) in [6, 6.07) is 2.70. The maximum absolute atomic E-state index is 13.1. The lowest BCUT2D eigenvalue weighted by atomic mass is 10.0. The van der Waals surface area contributed by atoms with Gasteiger partial charge in [0.2, 0.25) is 0 Å². The number of benzene rings is 1. The van der Waals surface area contributed by atoms with Gasteiger partial charge in [0.05, 0.1) is 11.6 Å². The van der Waals surface area contributed by atoms with Gasteiger partial charge in [-0.25, -0.2) is 8.78 Å². The Labute approximate surface area is 110 Å². The molecule has 1 heterocycles. The summed E-state index contributed by atoms with van der Waals surface area (Å²) in [5.74, 6) is -2.25. The standard InChI is InChI=1S/C14H17F2NO2/c1-9(17-6-5-14(2,19)8-17)13(18)10-3-4-11(15)12(16)7-10/h3-4,7,9,19H,5-6,8H2,1-2H3. The molecule has 2 rings (SSSR count). The molecular weight excluding hydrogens is 252 g/mol. The third kappa shape index (κ3) is 2.98. The molecule has 0 aliphatic carbocycles. The second-order valence-electron chi connectivity index (χ2n) is 5.39. The number of carbonyl (C=O) groups excluding carboxylic acids is 1. The van der Waals surface area contributed by atoms with Crippen molar-refractivity contribution in [1.82, 2.24) is 4.90 Å². The van der Waals surface area contributed by atoms with E-state index in [4.69, 9.17) is 0 Å². The van der Waals surface area contributed by atoms with Crippen LogP contribution in [-0.4, -0.2) is 40.5 Å². The van der Waals surface area contributed by atoms with Crippen molar-refractivity contribution in [3.05, 3.63) is 35.4 Å². The molecule has 2 unspecified atom stereocenters. The van der Waals surface area contributed by atoms with Crippen molar-refractivity contribution < 1.29 is 18.7 Å². The smallest absolute Gasteiger partial charge is 0.179 e. The Morgan fingerprint density at radius 1 is 1.42 bits per heavy atom. The van der Waals surface area contributed by atoms with Crippen LogP contribution in [0.5, 0.6) is 0 Å². The molecule has 0 bridgehead atoms. The Bertz CT molecular complexity index is 502. The summed E-state index contributed by atoms with van der Waals surface area (Å²) in [7, 11) is 0. The van der Waals surface area contributed by atoms with E-state index >= 15 is 0 Å². The minimum Gasteiger partial charge on any atom is -0.389 e. The lowest BCUT2D eigenvalue weighted by molar-refractivity contribution is 0.0597. The van der Waals surface area contributed by atoms with E-state index in [9.17, 15) is 18.7 Å². The number of halogens is 2. The number of hydrogen-bond donors (Lipinski definition) is 1. The second kappa shape index (κ2) is 4.98. The summed E-state index contributed by atoms with van der Waals surface area (Å²) in [5.41, 5.74) is -0.638. The van der Waals surface area contributed by atoms with Crippen LogP contribution in [0.25, 0.3) is 0 Å². The number of ketones is 1. The number of hydrogen-bond acceptors (Lipinski definition) is 3. The summed E-state index contributed by atoms with van der Waals surface area (Å²) in [5, 5.41) is 9.88. The van der Waals surface area contributed by atoms with Gasteiger partial charge in [-0.1, -0.05) is 0 Å². The van der Waals surface area contributed by atoms with Crippen molar-refractivity contribution >= 4 is 5.78 Å². The van der Waals surface area contributed by atoms with Crippen molar-refractivity contribution in [1.29, 1.82) is 0 Å². The first-order valence-electron chi connectivity index (χ1n) is 6.26. The largest absolute Gasteiger partial charge is 0.389 e. The van der Waals surface area contributed by atoms with E-state index in [1.807, 2.05) is 4.90 Å². The highest BCUT2D eigenvalue weighted by molar-refractivity contribution is 5.99. The van der Waals surface area contributed by atoms with E-state index in [1.54, 1.807) is 13.8 Å². The van der Waals surface area contributed by atoms with Gasteiger partial charge in [0, 0.05) is 18.7 Å². The van der Waals surface area contributed by atoms with Crippen LogP contribution in [0.1, 0.15) is 30.6 Å². The van der Waals surface area contributed by atoms with Crippen molar-refractivity contribution in [2.24, 2.45) is 0 Å². The summed E-state index contributed by atoms with van der Waals surface area (Å²) >= 11 is 0. The van der Waals surface area contributed by atoms with Crippen LogP contribution in [0.15, 0.2) is 18.2 Å². The summed E-state index contributed by atoms with van der Waals surface area (Å²) < 4.78 is 26.0. The van der Waals surface area contributed by atoms with E-state index in [2.05, 4.69) is 0 Å². The zero-order valence-electron chi connectivity index (χ0n) is 11.0. The summed E-state index contributed by atoms with van der Waals surface area (Å²) in [4.78, 5) is 14.0. The first-order valence-corrected chi connectivity index (χ1v) is 6.26. The number of β-amino-alcohol motifs (C(OH)–C–C–N with tert-alkyl or cyclic N) is 1. The number of likely N-dealkylation sites (tertiary alicyclic amines) is 1. The van der Waals surface area contributed by atoms with Gasteiger partial charge in [-0.2, -0.15) is 0 Å². The zero-order valence-corrected chi connectivity index (χ0v) is 11.0. The highest BCUT2D eigenvalue weighted by Crippen LogP contribution is 2.23. The fraction of sp³-hybridized carbons (Fsp3) is 0.500. The zero-order chi connectivity index (χ0) is 14.2. The van der Waals surface area contributed by atoms with Gasteiger partial charge >= 0.3 is 0 Å². The van der Waals surface area contributed by atoms with E-state index in [-0.39, 0.29) is 11.3 Å². The van der Waals surface area contributed by atoms with Crippen LogP contribution in [0, 0.1) is 11.6 Å². The number of Topliss-reactive ketones (excluding diaryl/α,β-unsaturated/α-hetero) is 1. The lowest BCUT2D eigenvalue weighted by Crippen LogP contribution is -2.40. The van der Waals surface area contributed by atoms with E-state index in [0.29, 0.717) is 19.5 Å². The minimum absolute atomic E-state index is 0.151. The van der Waals surface area contributed by atoms with Gasteiger partial charge in [-0.05, 0) is 38.5 Å². The van der Waals surface area contributed by atoms with Gasteiger partial charge in [0.1, 0.15) is 0 Å². The van der Waals surface area contributed by atoms with Crippen molar-refractivity contribution in [2.75, 3.05) is 13.1 Å². The minimum atomic E-state index is -1.02. The molecule has 3 nitrogen and oxygen atoms in total. The van der Waals surface area contributed by atoms with E-state index < -0.39 is 23.3 Å². The molecule has 0 saturated carbocycles. The van der Waals surface area contributed by atoms with Gasteiger partial charge in [0.15, 0.2) is 17.4 Å². The van der Waals surface area contributed by atoms with Crippen molar-refractivity contribution in [2.45, 2.75) is 31.9 Å². The maximum Gasteiger partial charge on any atom is 0.179 e. The molecule has 0 spiro atoms. The molecule has 0 amide bonds. The van der Waals surface area contributed by atoms with Gasteiger partial charge in [-0.3, -0.25) is 9.69 Å². The highest BCUT2D eigenvalue weighted by atomic mass is 19.2. The molecule has 1 N–H and O–H groups in total. The summed E-state index contributed by atoms with van der Waals surface area (Å²) in [6.07, 6.45) is 0.600. The first kappa shape index (κ1) is 14.1. The molecule has 1 fully saturated rings. The molecule has 1 aromatic carbocycles. The van der Waals surface area contributed by atoms with Crippen molar-refractivity contribution in [3.8, 4) is 0 Å². The normalized spacial score (nSPS) is 25.5. The maximum atomic E-state index is 13.1. The molecule has 19 heavy (non-hydrogen) atoms. The average Bonchev–Trinajstić information content (AvgIpc) is 2.71. The van der Waals surface area contributed by atoms with Gasteiger partial charge in [0.25, 0.3) is 0 Å². The lowest BCUT2D eigenvalue weighted by Gasteiger charge is -2.24. The average molecular weight is 269 g/mol. The number of nitrogens with zero attached hydrogens (tertiary/aromatic N) is 1. The quantitative estimate of drug-likeness (QED) is 0.853. The Hall–Kier alpha value is -1.33. The molecule has 1 aromatic rings. The predicted molar refractivity (Wildman–Crippen MR) is 67.0 cm³/mol. The fourth-order valence-corrected chi connectivity index (χ4v) is 2.37. The van der Waals surface area contributed by atoms with Crippen LogP contribution in [0.2, 0.25) is 0 Å². The molecule has 0 radical (unpaired) electrons. The Morgan fingerprint density at radius 3 is 2.63 bits per heavy atom. The predicted octanol–water partition coefficient (Wildman–Crippen LogP) is 1.99. The van der Waals surface area contributed by atoms with Crippen LogP contribution in [0.3, 0.4) is 0 Å². The third-order valence-corrected chi connectivity index (χ3v) is 3.61. The number of aliphatic hydroxyl groups is 1. The van der Waals surface area contributed by atoms with Crippen molar-refractivity contribution in [3.63, 3.8) is 0 Å². The van der Waals surface area contributed by atoms with Crippen LogP contribution in [0.4, 0.5) is 8.78 Å². The Kier molecular flexibility index (Phi) is 3.69. The third-order valence-electron chi connectivity index (χ3n) is 3.61. The van der Waals surface area contributed by atoms with Gasteiger partial charge < -0.3 is 5.11 Å². The van der Waals surface area contributed by atoms with Crippen LogP contribution in [-0.2, 0) is 0 Å². The fourth-order valence-electron chi connectivity index (χ4n) is 2.37. The van der Waals surface area contributed by atoms with E-state index in [0.717, 1.165) is 12.1 Å². The molecule has 2 atom stereocenters. The van der Waals surface area contributed by atoms with Gasteiger partial charge in [-0.15, -0.1) is 0 Å². The topological polar surface area (TPSA) is 40.5 Å². The molecule has 104 valence electrons. The summed E-state index contributed by atoms with van der Waals surface area (Å²) in [6.45, 7) is 4.46.